The summed E-state index contributed by atoms with van der Waals surface area (Å²) in [6.07, 6.45) is -49.9. The van der Waals surface area contributed by atoms with Gasteiger partial charge >= 0.3 is 0 Å². The molecule has 6 aliphatic heterocycles. The highest BCUT2D eigenvalue weighted by molar-refractivity contribution is 5.74. The SMILES string of the molecule is CC(=O)N[C@@H]1[C@@H](O[C@@H]2O[C@H](CO)[C@H](O)[C@H](O)[C@H]2O)[C@@H](O)[C@@H](CO[C@@H]2O[C@H](CO)[C@@H](O[C@@H]3O[C@H](CO)[C@H](O)[C@H](O[C@H]4O[C@H](CO)[C@H](O)[C@H](O)[C@H]4NC(C)=O)[C@H]3O[C@@H]3O[C@@H](C)[C@@H](O)[C@@H](O)[C@@H]3O)[C@H](O)[C@H]2NC(C)=O)O[C@@H]1O. The summed E-state index contributed by atoms with van der Waals surface area (Å²) in [7, 11) is 0. The lowest BCUT2D eigenvalue weighted by molar-refractivity contribution is -0.399. The highest BCUT2D eigenvalue weighted by atomic mass is 16.8. The minimum Gasteiger partial charge on any atom is -0.394 e. The molecule has 0 aliphatic carbocycles. The molecule has 0 spiro atoms. The van der Waals surface area contributed by atoms with Crippen LogP contribution in [0, 0.1) is 0 Å². The van der Waals surface area contributed by atoms with Crippen LogP contribution < -0.4 is 16.0 Å². The molecule has 6 heterocycles. The Labute approximate surface area is 426 Å². The van der Waals surface area contributed by atoms with Crippen molar-refractivity contribution >= 4 is 17.7 Å². The molecule has 6 saturated heterocycles. The van der Waals surface area contributed by atoms with E-state index >= 15 is 0 Å². The topological polar surface area (TPSA) is 513 Å². The van der Waals surface area contributed by atoms with Crippen molar-refractivity contribution in [1.29, 1.82) is 0 Å². The van der Waals surface area contributed by atoms with Crippen molar-refractivity contribution in [3.8, 4) is 0 Å². The normalized spacial score (nSPS) is 48.6. The zero-order chi connectivity index (χ0) is 55.5. The van der Waals surface area contributed by atoms with Gasteiger partial charge in [0.25, 0.3) is 0 Å². The van der Waals surface area contributed by atoms with Crippen molar-refractivity contribution < 1.29 is 148 Å². The van der Waals surface area contributed by atoms with Crippen molar-refractivity contribution in [2.45, 2.75) is 212 Å². The van der Waals surface area contributed by atoms with Crippen LogP contribution in [0.4, 0.5) is 0 Å². The fraction of sp³-hybridized carbons (Fsp3) is 0.929. The third kappa shape index (κ3) is 13.7. The Kier molecular flexibility index (Phi) is 21.8. The van der Waals surface area contributed by atoms with Crippen LogP contribution in [0.3, 0.4) is 0 Å². The molecule has 0 radical (unpaired) electrons. The minimum atomic E-state index is -2.09. The van der Waals surface area contributed by atoms with E-state index in [2.05, 4.69) is 16.0 Å². The van der Waals surface area contributed by atoms with Gasteiger partial charge in [-0.15, -0.1) is 0 Å². The molecule has 6 rings (SSSR count). The molecular weight excluding hydrogens is 1030 g/mol. The summed E-state index contributed by atoms with van der Waals surface area (Å²) < 4.78 is 64.3. The number of aliphatic hydroxyl groups is 16. The van der Waals surface area contributed by atoms with E-state index in [-0.39, 0.29) is 0 Å². The smallest absolute Gasteiger partial charge is 0.217 e. The standard InChI is InChI=1S/C42H71N3O30/c1-10-22(53)29(60)31(62)40(66-10)75-36-35(74-39-19(43-11(2)50)27(58)23(54)14(5-46)68-39)25(56)16(7-48)70-42(36)72-33-17(8-49)71-38(20(28(33)59)44-12(3)51)65-9-18-26(57)34(21(37(64)67-18)45-13(4)52)73-41-32(63)30(61)24(55)15(6-47)69-41/h10,14-42,46-49,53-64H,5-9H2,1-4H3,(H,43,50)(H,44,51)(H,45,52)/t10-,14+,15+,16+,17+,18+,19+,20+,21+,22+,23-,24-,25-,26-,27+,28+,29+,30-,31-,32+,33+,34+,35-,36+,37-,38+,39+,40-,41-,42-/m0/s1. The van der Waals surface area contributed by atoms with E-state index in [1.807, 2.05) is 0 Å². The Balaban J connectivity index is 1.28. The van der Waals surface area contributed by atoms with E-state index in [9.17, 15) is 96.1 Å². The maximum atomic E-state index is 12.7. The number of ether oxygens (including phenoxy) is 11. The Morgan fingerprint density at radius 2 is 0.787 bits per heavy atom. The van der Waals surface area contributed by atoms with Crippen LogP contribution in [0.1, 0.15) is 27.7 Å². The Hall–Kier alpha value is -2.67. The van der Waals surface area contributed by atoms with Crippen LogP contribution in [-0.2, 0) is 66.5 Å². The Morgan fingerprint density at radius 3 is 1.35 bits per heavy atom. The highest BCUT2D eigenvalue weighted by Crippen LogP contribution is 2.37. The largest absolute Gasteiger partial charge is 0.394 e. The van der Waals surface area contributed by atoms with Crippen LogP contribution in [0.25, 0.3) is 0 Å². The van der Waals surface area contributed by atoms with Gasteiger partial charge in [0, 0.05) is 20.8 Å². The van der Waals surface area contributed by atoms with E-state index < -0.39 is 235 Å². The molecular formula is C42H71N3O30. The lowest BCUT2D eigenvalue weighted by atomic mass is 9.94. The fourth-order valence-electron chi connectivity index (χ4n) is 9.54. The fourth-order valence-corrected chi connectivity index (χ4v) is 9.54. The first kappa shape index (κ1) is 61.5. The van der Waals surface area contributed by atoms with Gasteiger partial charge in [0.2, 0.25) is 17.7 Å². The molecule has 19 N–H and O–H groups in total. The Morgan fingerprint density at radius 1 is 0.373 bits per heavy atom. The number of hydrogen-bond donors (Lipinski definition) is 19. The molecule has 0 unspecified atom stereocenters. The molecule has 33 nitrogen and oxygen atoms in total. The molecule has 0 aromatic rings. The van der Waals surface area contributed by atoms with Gasteiger partial charge in [-0.2, -0.15) is 0 Å². The third-order valence-electron chi connectivity index (χ3n) is 13.6. The quantitative estimate of drug-likeness (QED) is 0.0606. The van der Waals surface area contributed by atoms with E-state index in [1.54, 1.807) is 0 Å². The van der Waals surface area contributed by atoms with Crippen molar-refractivity contribution in [2.24, 2.45) is 0 Å². The maximum Gasteiger partial charge on any atom is 0.217 e. The first-order valence-electron chi connectivity index (χ1n) is 23.9. The summed E-state index contributed by atoms with van der Waals surface area (Å²) in [5.74, 6) is -2.37. The van der Waals surface area contributed by atoms with Gasteiger partial charge in [-0.25, -0.2) is 0 Å². The molecule has 0 bridgehead atoms. The number of nitrogens with one attached hydrogen (secondary N) is 3. The number of carbonyl (C=O) groups excluding carboxylic acids is 3. The molecule has 30 atom stereocenters. The van der Waals surface area contributed by atoms with Crippen LogP contribution in [0.2, 0.25) is 0 Å². The lowest BCUT2D eigenvalue weighted by Gasteiger charge is -2.51. The zero-order valence-electron chi connectivity index (χ0n) is 40.7. The van der Waals surface area contributed by atoms with Gasteiger partial charge < -0.3 is 150 Å². The van der Waals surface area contributed by atoms with Gasteiger partial charge in [0.05, 0.1) is 39.1 Å². The van der Waals surface area contributed by atoms with E-state index in [4.69, 9.17) is 52.1 Å². The molecule has 0 aromatic heterocycles. The third-order valence-corrected chi connectivity index (χ3v) is 13.6. The molecule has 6 aliphatic rings. The average molecular weight is 1100 g/mol. The van der Waals surface area contributed by atoms with E-state index in [0.717, 1.165) is 20.8 Å². The summed E-state index contributed by atoms with van der Waals surface area (Å²) >= 11 is 0. The van der Waals surface area contributed by atoms with Gasteiger partial charge in [0.1, 0.15) is 140 Å². The molecule has 75 heavy (non-hydrogen) atoms. The van der Waals surface area contributed by atoms with E-state index in [1.165, 1.54) is 6.92 Å². The van der Waals surface area contributed by atoms with Crippen LogP contribution >= 0.6 is 0 Å². The number of aliphatic hydroxyl groups excluding tert-OH is 16. The van der Waals surface area contributed by atoms with Gasteiger partial charge in [0.15, 0.2) is 37.7 Å². The van der Waals surface area contributed by atoms with Crippen LogP contribution in [-0.4, -0.2) is 317 Å². The van der Waals surface area contributed by atoms with Crippen LogP contribution in [0.5, 0.6) is 0 Å². The first-order valence-corrected chi connectivity index (χ1v) is 23.9. The van der Waals surface area contributed by atoms with Crippen molar-refractivity contribution in [3.63, 3.8) is 0 Å². The zero-order valence-corrected chi connectivity index (χ0v) is 40.7. The molecule has 3 amide bonds. The summed E-state index contributed by atoms with van der Waals surface area (Å²) in [6, 6.07) is -4.98. The second-order valence-corrected chi connectivity index (χ2v) is 19.0. The highest BCUT2D eigenvalue weighted by Gasteiger charge is 2.58. The molecule has 33 heteroatoms. The second kappa shape index (κ2) is 26.5. The summed E-state index contributed by atoms with van der Waals surface area (Å²) in [5.41, 5.74) is 0. The molecule has 0 aromatic carbocycles. The Bertz CT molecular complexity index is 1850. The lowest BCUT2D eigenvalue weighted by Crippen LogP contribution is -2.70. The molecule has 6 fully saturated rings. The monoisotopic (exact) mass is 1100 g/mol. The maximum absolute atomic E-state index is 12.7. The minimum absolute atomic E-state index is 0.761. The van der Waals surface area contributed by atoms with Gasteiger partial charge in [-0.3, -0.25) is 14.4 Å². The average Bonchev–Trinajstić information content (AvgIpc) is 3.36. The summed E-state index contributed by atoms with van der Waals surface area (Å²) in [6.45, 7) is -0.267. The molecule has 0 saturated carbocycles. The number of rotatable bonds is 18. The van der Waals surface area contributed by atoms with E-state index in [0.29, 0.717) is 0 Å². The van der Waals surface area contributed by atoms with Crippen molar-refractivity contribution in [2.75, 3.05) is 33.0 Å². The van der Waals surface area contributed by atoms with Crippen molar-refractivity contribution in [3.05, 3.63) is 0 Å². The summed E-state index contributed by atoms with van der Waals surface area (Å²) in [4.78, 5) is 37.2. The van der Waals surface area contributed by atoms with Gasteiger partial charge in [-0.1, -0.05) is 0 Å². The number of carbonyl (C=O) groups is 3. The summed E-state index contributed by atoms with van der Waals surface area (Å²) in [5, 5.41) is 180. The first-order chi connectivity index (χ1) is 35.4. The predicted molar refractivity (Wildman–Crippen MR) is 233 cm³/mol. The number of amides is 3. The van der Waals surface area contributed by atoms with Gasteiger partial charge in [-0.05, 0) is 6.92 Å². The van der Waals surface area contributed by atoms with Crippen LogP contribution in [0.15, 0.2) is 0 Å². The molecule has 434 valence electrons. The second-order valence-electron chi connectivity index (χ2n) is 19.0. The van der Waals surface area contributed by atoms with Crippen molar-refractivity contribution in [1.82, 2.24) is 16.0 Å². The number of hydrogen-bond acceptors (Lipinski definition) is 30. The predicted octanol–water partition coefficient (Wildman–Crippen LogP) is -12.6.